The van der Waals surface area contributed by atoms with Crippen LogP contribution in [0.3, 0.4) is 0 Å². The van der Waals surface area contributed by atoms with Crippen LogP contribution in [0.25, 0.3) is 0 Å². The SMILES string of the molecule is CNS(=O)(=O)CCNc1ccc(C(=O)OCC(O)CO)cc1. The molecule has 1 aromatic carbocycles. The summed E-state index contributed by atoms with van der Waals surface area (Å²) in [6.45, 7) is -0.529. The van der Waals surface area contributed by atoms with Gasteiger partial charge in [-0.2, -0.15) is 0 Å². The minimum absolute atomic E-state index is 0.0632. The molecule has 22 heavy (non-hydrogen) atoms. The van der Waals surface area contributed by atoms with Gasteiger partial charge in [-0.3, -0.25) is 0 Å². The first-order valence-electron chi connectivity index (χ1n) is 6.59. The first kappa shape index (κ1) is 18.4. The molecule has 0 aromatic heterocycles. The van der Waals surface area contributed by atoms with Crippen molar-refractivity contribution < 1.29 is 28.2 Å². The van der Waals surface area contributed by atoms with Crippen molar-refractivity contribution in [2.24, 2.45) is 0 Å². The van der Waals surface area contributed by atoms with Gasteiger partial charge in [0.25, 0.3) is 0 Å². The van der Waals surface area contributed by atoms with E-state index in [1.54, 1.807) is 12.1 Å². The molecule has 1 atom stereocenters. The monoisotopic (exact) mass is 332 g/mol. The molecule has 0 heterocycles. The molecule has 0 spiro atoms. The second-order valence-corrected chi connectivity index (χ2v) is 6.51. The van der Waals surface area contributed by atoms with E-state index in [4.69, 9.17) is 14.9 Å². The maximum Gasteiger partial charge on any atom is 0.338 e. The Morgan fingerprint density at radius 1 is 1.32 bits per heavy atom. The van der Waals surface area contributed by atoms with Crippen molar-refractivity contribution in [1.29, 1.82) is 0 Å². The number of sulfonamides is 1. The molecular weight excluding hydrogens is 312 g/mol. The van der Waals surface area contributed by atoms with Gasteiger partial charge >= 0.3 is 5.97 Å². The third-order valence-corrected chi connectivity index (χ3v) is 4.11. The Kier molecular flexibility index (Phi) is 7.25. The van der Waals surface area contributed by atoms with E-state index in [9.17, 15) is 13.2 Å². The number of rotatable bonds is 9. The Hall–Kier alpha value is -1.68. The average Bonchev–Trinajstić information content (AvgIpc) is 2.52. The third kappa shape index (κ3) is 6.39. The van der Waals surface area contributed by atoms with Crippen molar-refractivity contribution >= 4 is 21.7 Å². The fraction of sp³-hybridized carbons (Fsp3) is 0.462. The highest BCUT2D eigenvalue weighted by Crippen LogP contribution is 2.10. The van der Waals surface area contributed by atoms with Crippen molar-refractivity contribution in [2.45, 2.75) is 6.10 Å². The number of ether oxygens (including phenoxy) is 1. The summed E-state index contributed by atoms with van der Waals surface area (Å²) in [5, 5.41) is 20.6. The van der Waals surface area contributed by atoms with E-state index < -0.39 is 28.7 Å². The molecule has 9 heteroatoms. The lowest BCUT2D eigenvalue weighted by Crippen LogP contribution is -2.26. The van der Waals surface area contributed by atoms with Crippen LogP contribution >= 0.6 is 0 Å². The molecule has 124 valence electrons. The zero-order valence-electron chi connectivity index (χ0n) is 12.2. The highest BCUT2D eigenvalue weighted by Gasteiger charge is 2.10. The molecule has 8 nitrogen and oxygen atoms in total. The maximum absolute atomic E-state index is 11.6. The molecule has 1 rings (SSSR count). The van der Waals surface area contributed by atoms with Crippen LogP contribution in [0.2, 0.25) is 0 Å². The van der Waals surface area contributed by atoms with E-state index in [1.807, 2.05) is 0 Å². The predicted molar refractivity (Wildman–Crippen MR) is 81.2 cm³/mol. The molecule has 0 saturated carbocycles. The van der Waals surface area contributed by atoms with E-state index in [0.717, 1.165) is 0 Å². The lowest BCUT2D eigenvalue weighted by molar-refractivity contribution is 0.00933. The van der Waals surface area contributed by atoms with Gasteiger partial charge in [0.05, 0.1) is 17.9 Å². The number of carbonyl (C=O) groups is 1. The van der Waals surface area contributed by atoms with Gasteiger partial charge in [-0.1, -0.05) is 0 Å². The number of aliphatic hydroxyl groups excluding tert-OH is 2. The first-order valence-corrected chi connectivity index (χ1v) is 8.24. The normalized spacial score (nSPS) is 12.7. The molecule has 0 aliphatic heterocycles. The molecule has 4 N–H and O–H groups in total. The highest BCUT2D eigenvalue weighted by molar-refractivity contribution is 7.89. The van der Waals surface area contributed by atoms with Crippen molar-refractivity contribution in [1.82, 2.24) is 4.72 Å². The fourth-order valence-electron chi connectivity index (χ4n) is 1.46. The summed E-state index contributed by atoms with van der Waals surface area (Å²) in [7, 11) is -1.91. The van der Waals surface area contributed by atoms with Gasteiger partial charge in [-0.05, 0) is 31.3 Å². The van der Waals surface area contributed by atoms with Crippen LogP contribution in [0.5, 0.6) is 0 Å². The number of anilines is 1. The summed E-state index contributed by atoms with van der Waals surface area (Å²) in [6.07, 6.45) is -1.10. The minimum atomic E-state index is -3.26. The standard InChI is InChI=1S/C13H20N2O6S/c1-14-22(19,20)7-6-15-11-4-2-10(3-5-11)13(18)21-9-12(17)8-16/h2-5,12,14-17H,6-9H2,1H3. The van der Waals surface area contributed by atoms with E-state index in [1.165, 1.54) is 19.2 Å². The van der Waals surface area contributed by atoms with E-state index in [2.05, 4.69) is 10.0 Å². The lowest BCUT2D eigenvalue weighted by atomic mass is 10.2. The molecule has 0 radical (unpaired) electrons. The first-order chi connectivity index (χ1) is 10.4. The molecule has 0 aliphatic carbocycles. The van der Waals surface area contributed by atoms with Crippen LogP contribution in [0.1, 0.15) is 10.4 Å². The number of carbonyl (C=O) groups excluding carboxylic acids is 1. The summed E-state index contributed by atoms with van der Waals surface area (Å²) >= 11 is 0. The number of hydrogen-bond donors (Lipinski definition) is 4. The quantitative estimate of drug-likeness (QED) is 0.434. The van der Waals surface area contributed by atoms with Gasteiger partial charge in [-0.25, -0.2) is 17.9 Å². The van der Waals surface area contributed by atoms with E-state index >= 15 is 0 Å². The molecule has 1 aromatic rings. The summed E-state index contributed by atoms with van der Waals surface area (Å²) in [6, 6.07) is 6.27. The second-order valence-electron chi connectivity index (χ2n) is 4.46. The van der Waals surface area contributed by atoms with Gasteiger partial charge in [0.1, 0.15) is 12.7 Å². The summed E-state index contributed by atoms with van der Waals surface area (Å²) in [5.74, 6) is -0.677. The Morgan fingerprint density at radius 3 is 2.50 bits per heavy atom. The average molecular weight is 332 g/mol. The number of nitrogens with one attached hydrogen (secondary N) is 2. The zero-order chi connectivity index (χ0) is 16.6. The van der Waals surface area contributed by atoms with Crippen LogP contribution in [0.4, 0.5) is 5.69 Å². The second kappa shape index (κ2) is 8.69. The smallest absolute Gasteiger partial charge is 0.338 e. The molecular formula is C13H20N2O6S. The largest absolute Gasteiger partial charge is 0.459 e. The zero-order valence-corrected chi connectivity index (χ0v) is 13.0. The molecule has 1 unspecified atom stereocenters. The fourth-order valence-corrected chi connectivity index (χ4v) is 2.04. The molecule has 0 aliphatic rings. The van der Waals surface area contributed by atoms with E-state index in [-0.39, 0.29) is 18.9 Å². The topological polar surface area (TPSA) is 125 Å². The highest BCUT2D eigenvalue weighted by atomic mass is 32.2. The number of hydrogen-bond acceptors (Lipinski definition) is 7. The maximum atomic E-state index is 11.6. The Morgan fingerprint density at radius 2 is 1.95 bits per heavy atom. The number of aliphatic hydroxyl groups is 2. The van der Waals surface area contributed by atoms with Crippen LogP contribution < -0.4 is 10.0 Å². The molecule has 0 fully saturated rings. The Balaban J connectivity index is 2.47. The number of esters is 1. The van der Waals surface area contributed by atoms with Crippen LogP contribution in [-0.4, -0.2) is 63.3 Å². The van der Waals surface area contributed by atoms with Crippen molar-refractivity contribution in [3.8, 4) is 0 Å². The van der Waals surface area contributed by atoms with Crippen molar-refractivity contribution in [2.75, 3.05) is 37.9 Å². The Bertz CT molecular complexity index is 573. The van der Waals surface area contributed by atoms with Crippen LogP contribution in [0.15, 0.2) is 24.3 Å². The van der Waals surface area contributed by atoms with Gasteiger partial charge in [0, 0.05) is 12.2 Å². The third-order valence-electron chi connectivity index (χ3n) is 2.75. The lowest BCUT2D eigenvalue weighted by Gasteiger charge is -2.09. The van der Waals surface area contributed by atoms with Crippen LogP contribution in [-0.2, 0) is 14.8 Å². The number of benzene rings is 1. The Labute approximate surface area is 129 Å². The van der Waals surface area contributed by atoms with Crippen LogP contribution in [0, 0.1) is 0 Å². The summed E-state index contributed by atoms with van der Waals surface area (Å²) in [5.41, 5.74) is 0.955. The summed E-state index contributed by atoms with van der Waals surface area (Å²) in [4.78, 5) is 11.6. The van der Waals surface area contributed by atoms with Gasteiger partial charge in [0.15, 0.2) is 0 Å². The van der Waals surface area contributed by atoms with Gasteiger partial charge in [-0.15, -0.1) is 0 Å². The molecule has 0 saturated heterocycles. The van der Waals surface area contributed by atoms with Crippen molar-refractivity contribution in [3.05, 3.63) is 29.8 Å². The van der Waals surface area contributed by atoms with Gasteiger partial charge < -0.3 is 20.3 Å². The van der Waals surface area contributed by atoms with Crippen molar-refractivity contribution in [3.63, 3.8) is 0 Å². The molecule has 0 amide bonds. The summed E-state index contributed by atoms with van der Waals surface area (Å²) < 4.78 is 29.5. The molecule has 0 bridgehead atoms. The van der Waals surface area contributed by atoms with Gasteiger partial charge in [0.2, 0.25) is 10.0 Å². The van der Waals surface area contributed by atoms with E-state index in [0.29, 0.717) is 11.3 Å². The minimum Gasteiger partial charge on any atom is -0.459 e. The predicted octanol–water partition coefficient (Wildman–Crippen LogP) is -0.842.